The fourth-order valence-corrected chi connectivity index (χ4v) is 4.65. The zero-order chi connectivity index (χ0) is 23.7. The van der Waals surface area contributed by atoms with E-state index in [-0.39, 0.29) is 18.0 Å². The van der Waals surface area contributed by atoms with Crippen LogP contribution in [0.2, 0.25) is 0 Å². The number of nitrogens with one attached hydrogen (secondary N) is 3. The summed E-state index contributed by atoms with van der Waals surface area (Å²) in [5.41, 5.74) is 2.43. The second-order valence-corrected chi connectivity index (χ2v) is 9.08. The highest BCUT2D eigenvalue weighted by atomic mass is 16.5. The third kappa shape index (κ3) is 4.48. The Balaban J connectivity index is 1.20. The Labute approximate surface area is 198 Å². The summed E-state index contributed by atoms with van der Waals surface area (Å²) in [6.45, 7) is 0. The fraction of sp³-hybridized carbons (Fsp3) is 0.346. The number of amides is 1. The predicted octanol–water partition coefficient (Wildman–Crippen LogP) is 4.34. The van der Waals surface area contributed by atoms with E-state index in [9.17, 15) is 4.79 Å². The lowest BCUT2D eigenvalue weighted by molar-refractivity contribution is 0.0922. The van der Waals surface area contributed by atoms with Gasteiger partial charge in [0.2, 0.25) is 5.95 Å². The van der Waals surface area contributed by atoms with E-state index < -0.39 is 0 Å². The number of carbonyl (C=O) groups is 1. The average Bonchev–Trinajstić information content (AvgIpc) is 3.28. The molecule has 1 saturated carbocycles. The van der Waals surface area contributed by atoms with Crippen molar-refractivity contribution in [3.05, 3.63) is 54.2 Å². The van der Waals surface area contributed by atoms with Crippen molar-refractivity contribution in [2.75, 3.05) is 31.4 Å². The molecule has 0 bridgehead atoms. The minimum atomic E-state index is -0.0694. The van der Waals surface area contributed by atoms with Crippen molar-refractivity contribution in [2.24, 2.45) is 0 Å². The van der Waals surface area contributed by atoms with Gasteiger partial charge in [-0.1, -0.05) is 12.1 Å². The lowest BCUT2D eigenvalue weighted by Crippen LogP contribution is -2.40. The molecule has 2 heterocycles. The van der Waals surface area contributed by atoms with Crippen molar-refractivity contribution in [2.45, 2.75) is 37.8 Å². The van der Waals surface area contributed by atoms with Gasteiger partial charge >= 0.3 is 0 Å². The van der Waals surface area contributed by atoms with Crippen molar-refractivity contribution in [3.63, 3.8) is 0 Å². The Morgan fingerprint density at radius 3 is 2.56 bits per heavy atom. The van der Waals surface area contributed by atoms with Gasteiger partial charge in [-0.05, 0) is 62.1 Å². The van der Waals surface area contributed by atoms with Gasteiger partial charge in [0.1, 0.15) is 17.3 Å². The number of H-pyrrole nitrogens is 1. The highest BCUT2D eigenvalue weighted by molar-refractivity contribution is 5.98. The minimum Gasteiger partial charge on any atom is -0.497 e. The van der Waals surface area contributed by atoms with Gasteiger partial charge in [-0.2, -0.15) is 4.98 Å². The van der Waals surface area contributed by atoms with Crippen LogP contribution in [0.5, 0.6) is 5.75 Å². The number of hydrogen-bond donors (Lipinski definition) is 3. The highest BCUT2D eigenvalue weighted by Gasteiger charge is 2.24. The van der Waals surface area contributed by atoms with E-state index in [1.807, 2.05) is 67.5 Å². The van der Waals surface area contributed by atoms with Gasteiger partial charge < -0.3 is 25.3 Å². The first-order valence-corrected chi connectivity index (χ1v) is 11.7. The van der Waals surface area contributed by atoms with Crippen LogP contribution in [0.25, 0.3) is 21.8 Å². The van der Waals surface area contributed by atoms with Crippen LogP contribution in [0.1, 0.15) is 36.2 Å². The highest BCUT2D eigenvalue weighted by Crippen LogP contribution is 2.27. The summed E-state index contributed by atoms with van der Waals surface area (Å²) < 4.78 is 5.27. The normalized spacial score (nSPS) is 18.1. The molecule has 0 saturated heterocycles. The molecule has 0 unspecified atom stereocenters. The molecule has 1 fully saturated rings. The number of benzene rings is 2. The monoisotopic (exact) mass is 458 g/mol. The van der Waals surface area contributed by atoms with Gasteiger partial charge in [-0.3, -0.25) is 4.79 Å². The Kier molecular flexibility index (Phi) is 5.96. The molecular formula is C26H30N6O2. The molecule has 1 aliphatic carbocycles. The summed E-state index contributed by atoms with van der Waals surface area (Å²) in [6.07, 6.45) is 3.71. The Morgan fingerprint density at radius 2 is 1.79 bits per heavy atom. The van der Waals surface area contributed by atoms with Crippen LogP contribution in [-0.2, 0) is 0 Å². The van der Waals surface area contributed by atoms with Crippen LogP contribution in [0.4, 0.5) is 11.8 Å². The van der Waals surface area contributed by atoms with E-state index in [0.29, 0.717) is 11.6 Å². The van der Waals surface area contributed by atoms with Gasteiger partial charge in [-0.25, -0.2) is 4.98 Å². The summed E-state index contributed by atoms with van der Waals surface area (Å²) in [5.74, 6) is 2.27. The van der Waals surface area contributed by atoms with Gasteiger partial charge in [-0.15, -0.1) is 0 Å². The van der Waals surface area contributed by atoms with Gasteiger partial charge in [0.25, 0.3) is 5.91 Å². The van der Waals surface area contributed by atoms with Crippen LogP contribution in [0.15, 0.2) is 48.5 Å². The molecular weight excluding hydrogens is 428 g/mol. The first kappa shape index (κ1) is 22.0. The van der Waals surface area contributed by atoms with E-state index in [2.05, 4.69) is 15.6 Å². The molecule has 1 amide bonds. The maximum Gasteiger partial charge on any atom is 0.267 e. The number of rotatable bonds is 6. The molecule has 0 radical (unpaired) electrons. The first-order chi connectivity index (χ1) is 16.5. The summed E-state index contributed by atoms with van der Waals surface area (Å²) >= 11 is 0. The Hall–Kier alpha value is -3.81. The number of hydrogen-bond acceptors (Lipinski definition) is 6. The second kappa shape index (κ2) is 9.21. The smallest absolute Gasteiger partial charge is 0.267 e. The van der Waals surface area contributed by atoms with Crippen molar-refractivity contribution in [1.29, 1.82) is 0 Å². The molecule has 8 nitrogen and oxygen atoms in total. The average molecular weight is 459 g/mol. The van der Waals surface area contributed by atoms with E-state index in [1.165, 1.54) is 0 Å². The Bertz CT molecular complexity index is 1320. The topological polar surface area (TPSA) is 95.2 Å². The van der Waals surface area contributed by atoms with Gasteiger partial charge in [0.05, 0.1) is 12.6 Å². The molecule has 3 N–H and O–H groups in total. The van der Waals surface area contributed by atoms with Crippen LogP contribution in [-0.4, -0.2) is 54.1 Å². The number of aromatic nitrogens is 3. The largest absolute Gasteiger partial charge is 0.497 e. The summed E-state index contributed by atoms with van der Waals surface area (Å²) in [7, 11) is 5.63. The predicted molar refractivity (Wildman–Crippen MR) is 136 cm³/mol. The summed E-state index contributed by atoms with van der Waals surface area (Å²) in [4.78, 5) is 27.5. The maximum atomic E-state index is 12.8. The lowest BCUT2D eigenvalue weighted by Gasteiger charge is -2.29. The van der Waals surface area contributed by atoms with Gasteiger partial charge in [0, 0.05) is 42.5 Å². The number of anilines is 2. The molecule has 0 atom stereocenters. The van der Waals surface area contributed by atoms with Crippen molar-refractivity contribution in [1.82, 2.24) is 20.3 Å². The zero-order valence-corrected chi connectivity index (χ0v) is 19.8. The molecule has 2 aromatic carbocycles. The second-order valence-electron chi connectivity index (χ2n) is 9.08. The number of aromatic amines is 1. The first-order valence-electron chi connectivity index (χ1n) is 11.7. The summed E-state index contributed by atoms with van der Waals surface area (Å²) in [5, 5.41) is 8.72. The Morgan fingerprint density at radius 1 is 1.03 bits per heavy atom. The SMILES string of the molecule is COc1ccc2[nH]c(C(=O)N[C@H]3CC[C@@H](Nc4nc(N(C)C)c5ccccc5n4)CC3)cc2c1. The molecule has 1 aliphatic rings. The number of methoxy groups -OCH3 is 1. The number of carbonyl (C=O) groups excluding carboxylic acids is 1. The van der Waals surface area contributed by atoms with Crippen LogP contribution >= 0.6 is 0 Å². The molecule has 5 rings (SSSR count). The van der Waals surface area contributed by atoms with Crippen molar-refractivity contribution in [3.8, 4) is 5.75 Å². The van der Waals surface area contributed by atoms with E-state index in [4.69, 9.17) is 14.7 Å². The van der Waals surface area contributed by atoms with E-state index in [0.717, 1.165) is 59.1 Å². The zero-order valence-electron chi connectivity index (χ0n) is 19.8. The van der Waals surface area contributed by atoms with Crippen LogP contribution in [0, 0.1) is 0 Å². The van der Waals surface area contributed by atoms with Crippen molar-refractivity contribution >= 4 is 39.5 Å². The molecule has 4 aromatic rings. The number of ether oxygens (including phenoxy) is 1. The molecule has 2 aromatic heterocycles. The molecule has 8 heteroatoms. The third-order valence-corrected chi connectivity index (χ3v) is 6.47. The van der Waals surface area contributed by atoms with Gasteiger partial charge in [0.15, 0.2) is 0 Å². The molecule has 0 spiro atoms. The molecule has 34 heavy (non-hydrogen) atoms. The van der Waals surface area contributed by atoms with Crippen molar-refractivity contribution < 1.29 is 9.53 Å². The molecule has 176 valence electrons. The van der Waals surface area contributed by atoms with E-state index in [1.54, 1.807) is 7.11 Å². The van der Waals surface area contributed by atoms with E-state index >= 15 is 0 Å². The number of nitrogens with zero attached hydrogens (tertiary/aromatic N) is 3. The lowest BCUT2D eigenvalue weighted by atomic mass is 9.91. The third-order valence-electron chi connectivity index (χ3n) is 6.47. The maximum absolute atomic E-state index is 12.8. The number of para-hydroxylation sites is 1. The number of fused-ring (bicyclic) bond motifs is 2. The quantitative estimate of drug-likeness (QED) is 0.398. The van der Waals surface area contributed by atoms with Crippen LogP contribution < -0.4 is 20.3 Å². The molecule has 0 aliphatic heterocycles. The van der Waals surface area contributed by atoms with Crippen LogP contribution in [0.3, 0.4) is 0 Å². The summed E-state index contributed by atoms with van der Waals surface area (Å²) in [6, 6.07) is 16.1. The minimum absolute atomic E-state index is 0.0694. The fourth-order valence-electron chi connectivity index (χ4n) is 4.65. The standard InChI is InChI=1S/C26H30N6O2/c1-32(2)24-20-6-4-5-7-22(20)30-26(31-24)28-18-10-8-17(9-11-18)27-25(33)23-15-16-14-19(34-3)12-13-21(16)29-23/h4-7,12-15,17-18,29H,8-11H2,1-3H3,(H,27,33)(H,28,30,31)/t17-,18+.